The van der Waals surface area contributed by atoms with E-state index in [0.717, 1.165) is 6.92 Å². The van der Waals surface area contributed by atoms with Gasteiger partial charge in [-0.15, -0.1) is 0 Å². The predicted molar refractivity (Wildman–Crippen MR) is 75.1 cm³/mol. The number of allylic oxidation sites excluding steroid dienone is 2. The Bertz CT molecular complexity index is 777. The molecule has 1 N–H and O–H groups in total. The van der Waals surface area contributed by atoms with Crippen LogP contribution in [-0.4, -0.2) is 20.4 Å². The fraction of sp³-hybridized carbons (Fsp3) is 0.357. The van der Waals surface area contributed by atoms with Gasteiger partial charge in [-0.25, -0.2) is 8.42 Å². The van der Waals surface area contributed by atoms with Crippen molar-refractivity contribution in [3.8, 4) is 0 Å². The van der Waals surface area contributed by atoms with Crippen LogP contribution >= 0.6 is 0 Å². The highest BCUT2D eigenvalue weighted by molar-refractivity contribution is 7.96. The summed E-state index contributed by atoms with van der Waals surface area (Å²) in [5.41, 5.74) is 0.565. The average molecular weight is 333 g/mol. The van der Waals surface area contributed by atoms with E-state index in [9.17, 15) is 26.4 Å². The largest absolute Gasteiger partial charge is 0.455 e. The summed E-state index contributed by atoms with van der Waals surface area (Å²) in [7, 11) is -4.52. The number of ketones is 1. The highest BCUT2D eigenvalue weighted by atomic mass is 32.2. The molecule has 0 radical (unpaired) electrons. The fourth-order valence-electron chi connectivity index (χ4n) is 2.36. The van der Waals surface area contributed by atoms with Crippen LogP contribution < -0.4 is 5.32 Å². The minimum atomic E-state index is -5.25. The van der Waals surface area contributed by atoms with Gasteiger partial charge in [0.25, 0.3) is 5.78 Å². The molecule has 0 atom stereocenters. The van der Waals surface area contributed by atoms with E-state index in [1.165, 1.54) is 12.1 Å². The number of carbonyl (C=O) groups excluding carboxylic acids is 1. The number of sulfone groups is 1. The summed E-state index contributed by atoms with van der Waals surface area (Å²) in [6.07, 6.45) is -5.25. The lowest BCUT2D eigenvalue weighted by Gasteiger charge is -2.25. The molecule has 1 heterocycles. The van der Waals surface area contributed by atoms with Crippen molar-refractivity contribution < 1.29 is 26.4 Å². The quantitative estimate of drug-likeness (QED) is 0.901. The van der Waals surface area contributed by atoms with Crippen LogP contribution in [0.1, 0.15) is 32.3 Å². The summed E-state index contributed by atoms with van der Waals surface area (Å²) < 4.78 is 62.9. The summed E-state index contributed by atoms with van der Waals surface area (Å²) in [5, 5.41) is 2.65. The van der Waals surface area contributed by atoms with Gasteiger partial charge < -0.3 is 5.32 Å². The number of halogens is 3. The van der Waals surface area contributed by atoms with Crippen molar-refractivity contribution in [2.24, 2.45) is 0 Å². The number of para-hydroxylation sites is 1. The smallest absolute Gasteiger partial charge is 0.357 e. The number of rotatable bonds is 2. The SMILES string of the molecule is CC1=C(C(=O)C(F)(F)F)S(=O)(=O)c2cccc(C(C)C)c2N1. The number of Topliss-reactive ketones (excluding diaryl/α,β-unsaturated/α-hetero) is 1. The first-order valence-electron chi connectivity index (χ1n) is 6.45. The van der Waals surface area contributed by atoms with Gasteiger partial charge in [-0.1, -0.05) is 26.0 Å². The number of nitrogens with one attached hydrogen (secondary N) is 1. The monoisotopic (exact) mass is 333 g/mol. The minimum Gasteiger partial charge on any atom is -0.357 e. The third-order valence-corrected chi connectivity index (χ3v) is 5.30. The van der Waals surface area contributed by atoms with Crippen molar-refractivity contribution in [2.75, 3.05) is 5.32 Å². The maximum Gasteiger partial charge on any atom is 0.455 e. The fourth-order valence-corrected chi connectivity index (χ4v) is 4.09. The van der Waals surface area contributed by atoms with Crippen LogP contribution in [0.5, 0.6) is 0 Å². The molecule has 120 valence electrons. The molecule has 0 saturated carbocycles. The molecule has 1 aromatic rings. The van der Waals surface area contributed by atoms with E-state index < -0.39 is 26.7 Å². The Morgan fingerprint density at radius 1 is 1.23 bits per heavy atom. The molecular formula is C14H14F3NO3S. The molecular weight excluding hydrogens is 319 g/mol. The van der Waals surface area contributed by atoms with Crippen LogP contribution in [0, 0.1) is 0 Å². The molecule has 0 spiro atoms. The highest BCUT2D eigenvalue weighted by Crippen LogP contribution is 2.41. The van der Waals surface area contributed by atoms with Crippen molar-refractivity contribution in [1.82, 2.24) is 0 Å². The molecule has 8 heteroatoms. The molecule has 2 rings (SSSR count). The zero-order valence-electron chi connectivity index (χ0n) is 12.1. The second kappa shape index (κ2) is 5.12. The second-order valence-electron chi connectivity index (χ2n) is 5.28. The highest BCUT2D eigenvalue weighted by Gasteiger charge is 2.48. The van der Waals surface area contributed by atoms with Crippen LogP contribution in [0.3, 0.4) is 0 Å². The molecule has 4 nitrogen and oxygen atoms in total. The third kappa shape index (κ3) is 2.51. The Kier molecular flexibility index (Phi) is 3.85. The number of carbonyl (C=O) groups is 1. The zero-order chi connectivity index (χ0) is 16.9. The number of benzene rings is 1. The van der Waals surface area contributed by atoms with Crippen molar-refractivity contribution >= 4 is 21.3 Å². The Hall–Kier alpha value is -1.83. The molecule has 1 aliphatic rings. The standard InChI is InChI=1S/C14H14F3NO3S/c1-7(2)9-5-4-6-10-11(9)18-8(3)12(22(10,20)21)13(19)14(15,16)17/h4-7,18H,1-3H3. The third-order valence-electron chi connectivity index (χ3n) is 3.36. The van der Waals surface area contributed by atoms with Crippen molar-refractivity contribution in [2.45, 2.75) is 37.8 Å². The van der Waals surface area contributed by atoms with E-state index in [0.29, 0.717) is 5.56 Å². The minimum absolute atomic E-state index is 0.0367. The zero-order valence-corrected chi connectivity index (χ0v) is 12.9. The van der Waals surface area contributed by atoms with Gasteiger partial charge in [0.05, 0.1) is 10.6 Å². The van der Waals surface area contributed by atoms with Crippen LogP contribution in [0.25, 0.3) is 0 Å². The van der Waals surface area contributed by atoms with E-state index in [2.05, 4.69) is 5.32 Å². The van der Waals surface area contributed by atoms with E-state index in [4.69, 9.17) is 0 Å². The van der Waals surface area contributed by atoms with Gasteiger partial charge in [0, 0.05) is 5.70 Å². The number of alkyl halides is 3. The molecule has 1 aromatic carbocycles. The van der Waals surface area contributed by atoms with E-state index in [-0.39, 0.29) is 22.2 Å². The molecule has 0 saturated heterocycles. The van der Waals surface area contributed by atoms with Crippen molar-refractivity contribution in [3.05, 3.63) is 34.4 Å². The van der Waals surface area contributed by atoms with Gasteiger partial charge in [0.1, 0.15) is 4.91 Å². The lowest BCUT2D eigenvalue weighted by molar-refractivity contribution is -0.165. The predicted octanol–water partition coefficient (Wildman–Crippen LogP) is 3.37. The van der Waals surface area contributed by atoms with Crippen LogP contribution in [-0.2, 0) is 14.6 Å². The van der Waals surface area contributed by atoms with Crippen LogP contribution in [0.4, 0.5) is 18.9 Å². The van der Waals surface area contributed by atoms with E-state index in [1.54, 1.807) is 6.07 Å². The van der Waals surface area contributed by atoms with Gasteiger partial charge in [-0.05, 0) is 24.5 Å². The number of hydrogen-bond donors (Lipinski definition) is 1. The summed E-state index contributed by atoms with van der Waals surface area (Å²) >= 11 is 0. The molecule has 0 aliphatic carbocycles. The number of fused-ring (bicyclic) bond motifs is 1. The molecule has 0 aromatic heterocycles. The number of anilines is 1. The summed E-state index contributed by atoms with van der Waals surface area (Å²) in [4.78, 5) is 9.92. The maximum absolute atomic E-state index is 12.7. The molecule has 0 amide bonds. The van der Waals surface area contributed by atoms with Gasteiger partial charge in [-0.2, -0.15) is 13.2 Å². The van der Waals surface area contributed by atoms with E-state index in [1.807, 2.05) is 13.8 Å². The first-order valence-corrected chi connectivity index (χ1v) is 7.93. The summed E-state index contributed by atoms with van der Waals surface area (Å²) in [5.74, 6) is -2.40. The molecule has 0 unspecified atom stereocenters. The number of hydrogen-bond acceptors (Lipinski definition) is 4. The molecule has 0 fully saturated rings. The second-order valence-corrected chi connectivity index (χ2v) is 7.14. The molecule has 0 bridgehead atoms. The Morgan fingerprint density at radius 3 is 2.32 bits per heavy atom. The Labute approximate surface area is 125 Å². The molecule has 22 heavy (non-hydrogen) atoms. The van der Waals surface area contributed by atoms with Gasteiger partial charge in [0.2, 0.25) is 9.84 Å². The van der Waals surface area contributed by atoms with Crippen molar-refractivity contribution in [3.63, 3.8) is 0 Å². The first-order chi connectivity index (χ1) is 9.98. The normalized spacial score (nSPS) is 17.2. The Morgan fingerprint density at radius 2 is 1.82 bits per heavy atom. The lowest BCUT2D eigenvalue weighted by atomic mass is 10.0. The van der Waals surface area contributed by atoms with Gasteiger partial charge in [0.15, 0.2) is 0 Å². The maximum atomic E-state index is 12.7. The lowest BCUT2D eigenvalue weighted by Crippen LogP contribution is -2.32. The van der Waals surface area contributed by atoms with Crippen molar-refractivity contribution in [1.29, 1.82) is 0 Å². The van der Waals surface area contributed by atoms with Crippen LogP contribution in [0.2, 0.25) is 0 Å². The topological polar surface area (TPSA) is 63.2 Å². The Balaban J connectivity index is 2.73. The summed E-state index contributed by atoms with van der Waals surface area (Å²) in [6.45, 7) is 4.81. The van der Waals surface area contributed by atoms with Gasteiger partial charge in [-0.3, -0.25) is 4.79 Å². The average Bonchev–Trinajstić information content (AvgIpc) is 2.36. The summed E-state index contributed by atoms with van der Waals surface area (Å²) in [6, 6.07) is 4.33. The van der Waals surface area contributed by atoms with Gasteiger partial charge >= 0.3 is 6.18 Å². The molecule has 1 aliphatic heterocycles. The van der Waals surface area contributed by atoms with E-state index >= 15 is 0 Å². The first kappa shape index (κ1) is 16.5. The van der Waals surface area contributed by atoms with Crippen LogP contribution in [0.15, 0.2) is 33.7 Å².